The van der Waals surface area contributed by atoms with Crippen molar-refractivity contribution in [2.45, 2.75) is 126 Å². The Morgan fingerprint density at radius 2 is 0.844 bits per heavy atom. The van der Waals surface area contributed by atoms with Crippen LogP contribution in [-0.4, -0.2) is 16.4 Å². The summed E-state index contributed by atoms with van der Waals surface area (Å²) in [5.74, 6) is 0. The molecule has 0 saturated heterocycles. The number of benzene rings is 2. The van der Waals surface area contributed by atoms with E-state index in [0.717, 1.165) is 59.9 Å². The molecule has 0 aliphatic rings. The maximum absolute atomic E-state index is 5.27. The molecule has 7 heteroatoms. The molecular weight excluding hydrogens is 656 g/mol. The molecule has 0 aliphatic carbocycles. The van der Waals surface area contributed by atoms with Crippen LogP contribution in [0.1, 0.15) is 132 Å². The number of unbranched alkanes of at least 4 members (excludes halogenated alkanes) is 4. The Hall–Kier alpha value is -1.62. The average molecular weight is 709 g/mol. The molecule has 0 spiro atoms. The van der Waals surface area contributed by atoms with Crippen molar-refractivity contribution in [3.05, 3.63) is 87.7 Å². The van der Waals surface area contributed by atoms with Crippen molar-refractivity contribution in [3.8, 4) is 0 Å². The SMILES string of the molecule is CCCCc1cccc(CCCC)c1N=C(C)c1cc(C)cc(C(C)=Nc2c(CCCC)cccc2CCCC)n1.[Cl-].[Cl-].[Cl-].[V+3]. The standard InChI is InChI=1S/C38H53N3.3ClH.V/c1-8-12-18-31-22-16-23-32(19-13-9-2)37(31)39-29(6)35-26-28(5)27-36(41-35)30(7)40-38-33(20-14-10-3)24-17-25-34(38)21-15-11-4;;;;/h16-17,22-27H,8-15,18-21H2,1-7H3;3*1H;/q;;;;+3/p-3. The van der Waals surface area contributed by atoms with Crippen LogP contribution in [-0.2, 0) is 44.2 Å². The maximum Gasteiger partial charge on any atom is 3.00 e. The van der Waals surface area contributed by atoms with Gasteiger partial charge >= 0.3 is 18.6 Å². The van der Waals surface area contributed by atoms with E-state index in [-0.39, 0.29) is 55.8 Å². The van der Waals surface area contributed by atoms with Crippen molar-refractivity contribution < 1.29 is 55.8 Å². The molecule has 246 valence electrons. The van der Waals surface area contributed by atoms with Crippen molar-refractivity contribution in [2.75, 3.05) is 0 Å². The zero-order chi connectivity index (χ0) is 29.6. The monoisotopic (exact) mass is 707 g/mol. The summed E-state index contributed by atoms with van der Waals surface area (Å²) in [7, 11) is 0. The fourth-order valence-corrected chi connectivity index (χ4v) is 5.34. The number of nitrogens with zero attached hydrogens (tertiary/aromatic N) is 3. The van der Waals surface area contributed by atoms with E-state index in [4.69, 9.17) is 15.0 Å². The quantitative estimate of drug-likeness (QED) is 0.210. The summed E-state index contributed by atoms with van der Waals surface area (Å²) in [6, 6.07) is 17.8. The molecule has 0 aliphatic heterocycles. The number of rotatable bonds is 16. The van der Waals surface area contributed by atoms with E-state index in [9.17, 15) is 0 Å². The summed E-state index contributed by atoms with van der Waals surface area (Å²) >= 11 is 0. The molecule has 1 aromatic heterocycles. The zero-order valence-corrected chi connectivity index (χ0v) is 32.2. The fourth-order valence-electron chi connectivity index (χ4n) is 5.34. The minimum absolute atomic E-state index is 0. The van der Waals surface area contributed by atoms with Crippen LogP contribution in [0.15, 0.2) is 58.5 Å². The van der Waals surface area contributed by atoms with Crippen molar-refractivity contribution in [1.29, 1.82) is 0 Å². The average Bonchev–Trinajstić information content (AvgIpc) is 2.98. The topological polar surface area (TPSA) is 37.6 Å². The summed E-state index contributed by atoms with van der Waals surface area (Å²) < 4.78 is 0. The number of halogens is 3. The molecule has 3 aromatic rings. The molecular formula is C38H53Cl3N3V. The Labute approximate surface area is 305 Å². The predicted molar refractivity (Wildman–Crippen MR) is 180 cm³/mol. The van der Waals surface area contributed by atoms with Crippen LogP contribution in [0.4, 0.5) is 11.4 Å². The fraction of sp³-hybridized carbons (Fsp3) is 0.500. The van der Waals surface area contributed by atoms with Gasteiger partial charge < -0.3 is 37.2 Å². The molecule has 45 heavy (non-hydrogen) atoms. The van der Waals surface area contributed by atoms with E-state index in [1.807, 2.05) is 0 Å². The smallest absolute Gasteiger partial charge is 1.00 e. The summed E-state index contributed by atoms with van der Waals surface area (Å²) in [4.78, 5) is 15.7. The van der Waals surface area contributed by atoms with Gasteiger partial charge in [-0.15, -0.1) is 0 Å². The number of pyridine rings is 1. The summed E-state index contributed by atoms with van der Waals surface area (Å²) in [6.45, 7) is 15.4. The first-order valence-electron chi connectivity index (χ1n) is 16.2. The number of aliphatic imine (C=N–C) groups is 2. The van der Waals surface area contributed by atoms with Crippen molar-refractivity contribution >= 4 is 22.8 Å². The second-order valence-corrected chi connectivity index (χ2v) is 11.6. The van der Waals surface area contributed by atoms with Gasteiger partial charge in [0, 0.05) is 0 Å². The zero-order valence-electron chi connectivity index (χ0n) is 28.5. The van der Waals surface area contributed by atoms with Gasteiger partial charge in [0.15, 0.2) is 0 Å². The van der Waals surface area contributed by atoms with E-state index in [2.05, 4.69) is 97.0 Å². The molecule has 0 fully saturated rings. The number of aryl methyl sites for hydroxylation is 5. The van der Waals surface area contributed by atoms with Gasteiger partial charge in [-0.05, 0) is 112 Å². The Morgan fingerprint density at radius 3 is 1.11 bits per heavy atom. The number of aromatic nitrogens is 1. The molecule has 0 atom stereocenters. The van der Waals surface area contributed by atoms with Crippen LogP contribution in [0, 0.1) is 6.92 Å². The summed E-state index contributed by atoms with van der Waals surface area (Å²) in [6.07, 6.45) is 13.7. The second-order valence-electron chi connectivity index (χ2n) is 11.6. The summed E-state index contributed by atoms with van der Waals surface area (Å²) in [5.41, 5.74) is 12.7. The van der Waals surface area contributed by atoms with Crippen molar-refractivity contribution in [3.63, 3.8) is 0 Å². The van der Waals surface area contributed by atoms with E-state index >= 15 is 0 Å². The maximum atomic E-state index is 5.27. The second kappa shape index (κ2) is 24.5. The molecule has 0 radical (unpaired) electrons. The van der Waals surface area contributed by atoms with E-state index < -0.39 is 0 Å². The molecule has 0 amide bonds. The number of hydrogen-bond donors (Lipinski definition) is 0. The third kappa shape index (κ3) is 14.0. The molecule has 0 bridgehead atoms. The first-order chi connectivity index (χ1) is 19.9. The third-order valence-corrected chi connectivity index (χ3v) is 7.88. The third-order valence-electron chi connectivity index (χ3n) is 7.88. The van der Waals surface area contributed by atoms with E-state index in [0.29, 0.717) is 0 Å². The first kappa shape index (κ1) is 45.5. The van der Waals surface area contributed by atoms with Gasteiger partial charge in [0.1, 0.15) is 0 Å². The first-order valence-corrected chi connectivity index (χ1v) is 16.2. The Morgan fingerprint density at radius 1 is 0.556 bits per heavy atom. The molecule has 3 rings (SSSR count). The number of para-hydroxylation sites is 2. The largest absolute Gasteiger partial charge is 3.00 e. The van der Waals surface area contributed by atoms with Crippen LogP contribution < -0.4 is 37.2 Å². The Bertz CT molecular complexity index is 1190. The van der Waals surface area contributed by atoms with Gasteiger partial charge in [0.2, 0.25) is 0 Å². The van der Waals surface area contributed by atoms with E-state index in [1.165, 1.54) is 79.2 Å². The minimum Gasteiger partial charge on any atom is -1.00 e. The molecule has 2 aromatic carbocycles. The summed E-state index contributed by atoms with van der Waals surface area (Å²) in [5, 5.41) is 0. The van der Waals surface area contributed by atoms with E-state index in [1.54, 1.807) is 0 Å². The van der Waals surface area contributed by atoms with Gasteiger partial charge in [-0.1, -0.05) is 89.8 Å². The minimum atomic E-state index is 0. The van der Waals surface area contributed by atoms with Crippen LogP contribution in [0.2, 0.25) is 0 Å². The molecule has 0 N–H and O–H groups in total. The number of hydrogen-bond acceptors (Lipinski definition) is 3. The van der Waals surface area contributed by atoms with Crippen LogP contribution >= 0.6 is 0 Å². The van der Waals surface area contributed by atoms with Crippen LogP contribution in [0.3, 0.4) is 0 Å². The van der Waals surface area contributed by atoms with Gasteiger partial charge in [0.05, 0.1) is 34.2 Å². The predicted octanol–water partition coefficient (Wildman–Crippen LogP) is 2.05. The normalized spacial score (nSPS) is 11.2. The van der Waals surface area contributed by atoms with Gasteiger partial charge in [-0.3, -0.25) is 9.98 Å². The van der Waals surface area contributed by atoms with Gasteiger partial charge in [-0.25, -0.2) is 4.98 Å². The van der Waals surface area contributed by atoms with Gasteiger partial charge in [0.25, 0.3) is 0 Å². The van der Waals surface area contributed by atoms with Crippen molar-refractivity contribution in [2.24, 2.45) is 9.98 Å². The van der Waals surface area contributed by atoms with Crippen LogP contribution in [0.5, 0.6) is 0 Å². The Balaban J connectivity index is 0. The van der Waals surface area contributed by atoms with Crippen LogP contribution in [0.25, 0.3) is 0 Å². The molecule has 0 unspecified atom stereocenters. The Kier molecular flexibility index (Phi) is 24.8. The molecule has 3 nitrogen and oxygen atoms in total. The molecule has 1 heterocycles. The van der Waals surface area contributed by atoms with Crippen molar-refractivity contribution in [1.82, 2.24) is 4.98 Å². The molecule has 0 saturated carbocycles. The van der Waals surface area contributed by atoms with Gasteiger partial charge in [-0.2, -0.15) is 0 Å².